The van der Waals surface area contributed by atoms with Crippen molar-refractivity contribution in [2.45, 2.75) is 26.4 Å². The van der Waals surface area contributed by atoms with Crippen LogP contribution in [0, 0.1) is 0 Å². The van der Waals surface area contributed by atoms with E-state index >= 15 is 0 Å². The van der Waals surface area contributed by atoms with Crippen LogP contribution in [-0.4, -0.2) is 55.9 Å². The molecule has 7 nitrogen and oxygen atoms in total. The predicted molar refractivity (Wildman–Crippen MR) is 95.5 cm³/mol. The summed E-state index contributed by atoms with van der Waals surface area (Å²) in [5.41, 5.74) is -0.0681. The van der Waals surface area contributed by atoms with Crippen molar-refractivity contribution in [3.05, 3.63) is 29.8 Å². The van der Waals surface area contributed by atoms with Gasteiger partial charge in [-0.05, 0) is 32.9 Å². The maximum absolute atomic E-state index is 12.0. The molecule has 24 heavy (non-hydrogen) atoms. The van der Waals surface area contributed by atoms with Crippen molar-refractivity contribution in [2.24, 2.45) is 4.99 Å². The quantitative estimate of drug-likeness (QED) is 0.324. The first kappa shape index (κ1) is 19.8. The summed E-state index contributed by atoms with van der Waals surface area (Å²) in [5.74, 6) is 0.330. The molecule has 0 aliphatic heterocycles. The second kappa shape index (κ2) is 9.77. The lowest BCUT2D eigenvalue weighted by atomic mass is 10.1. The lowest BCUT2D eigenvalue weighted by molar-refractivity contribution is 0.0310. The third-order valence-corrected chi connectivity index (χ3v) is 3.37. The highest BCUT2D eigenvalue weighted by atomic mass is 16.5. The fraction of sp³-hybridized carbons (Fsp3) is 0.529. The van der Waals surface area contributed by atoms with Gasteiger partial charge in [0, 0.05) is 26.7 Å². The van der Waals surface area contributed by atoms with Gasteiger partial charge < -0.3 is 25.8 Å². The lowest BCUT2D eigenvalue weighted by Crippen LogP contribution is -2.42. The topological polar surface area (TPSA) is 95.0 Å². The van der Waals surface area contributed by atoms with E-state index in [1.54, 1.807) is 25.3 Å². The number of hydrogen-bond donors (Lipinski definition) is 4. The van der Waals surface area contributed by atoms with Crippen LogP contribution in [0.4, 0.5) is 0 Å². The largest absolute Gasteiger partial charge is 0.507 e. The molecule has 134 valence electrons. The van der Waals surface area contributed by atoms with Crippen LogP contribution in [0.1, 0.15) is 31.1 Å². The highest BCUT2D eigenvalue weighted by molar-refractivity contribution is 5.96. The van der Waals surface area contributed by atoms with Crippen LogP contribution in [0.3, 0.4) is 0 Å². The van der Waals surface area contributed by atoms with E-state index in [1.165, 1.54) is 6.07 Å². The summed E-state index contributed by atoms with van der Waals surface area (Å²) in [5, 5.41) is 18.7. The molecule has 0 bridgehead atoms. The fourth-order valence-corrected chi connectivity index (χ4v) is 1.79. The van der Waals surface area contributed by atoms with Crippen LogP contribution in [0.15, 0.2) is 29.3 Å². The van der Waals surface area contributed by atoms with Crippen LogP contribution >= 0.6 is 0 Å². The Labute approximate surface area is 143 Å². The van der Waals surface area contributed by atoms with Gasteiger partial charge in [-0.1, -0.05) is 12.1 Å². The van der Waals surface area contributed by atoms with E-state index < -0.39 is 0 Å². The molecule has 0 saturated heterocycles. The van der Waals surface area contributed by atoms with Gasteiger partial charge >= 0.3 is 0 Å². The third kappa shape index (κ3) is 6.87. The van der Waals surface area contributed by atoms with Crippen molar-refractivity contribution < 1.29 is 14.6 Å². The Hall–Kier alpha value is -2.28. The number of carbonyl (C=O) groups excluding carboxylic acids is 1. The van der Waals surface area contributed by atoms with Crippen LogP contribution in [0.2, 0.25) is 0 Å². The number of rotatable bonds is 8. The number of methoxy groups -OCH3 is 1. The number of amides is 1. The maximum Gasteiger partial charge on any atom is 0.255 e. The van der Waals surface area contributed by atoms with Gasteiger partial charge in [0.15, 0.2) is 5.96 Å². The first-order valence-corrected chi connectivity index (χ1v) is 8.03. The molecule has 0 aliphatic rings. The van der Waals surface area contributed by atoms with Crippen molar-refractivity contribution in [3.63, 3.8) is 0 Å². The zero-order chi connectivity index (χ0) is 18.0. The molecule has 0 heterocycles. The lowest BCUT2D eigenvalue weighted by Gasteiger charge is -2.21. The average Bonchev–Trinajstić information content (AvgIpc) is 2.56. The summed E-state index contributed by atoms with van der Waals surface area (Å²) in [4.78, 5) is 16.4. The number of benzene rings is 1. The fourth-order valence-electron chi connectivity index (χ4n) is 1.79. The average molecular weight is 336 g/mol. The van der Waals surface area contributed by atoms with Crippen molar-refractivity contribution >= 4 is 11.9 Å². The number of guanidine groups is 1. The summed E-state index contributed by atoms with van der Waals surface area (Å²) in [6.45, 7) is 8.09. The Balaban J connectivity index is 2.44. The van der Waals surface area contributed by atoms with E-state index in [4.69, 9.17) is 4.74 Å². The second-order valence-corrected chi connectivity index (χ2v) is 5.86. The van der Waals surface area contributed by atoms with Gasteiger partial charge in [0.1, 0.15) is 5.75 Å². The number of hydrogen-bond acceptors (Lipinski definition) is 4. The van der Waals surface area contributed by atoms with Crippen LogP contribution in [0.5, 0.6) is 5.75 Å². The van der Waals surface area contributed by atoms with Crippen molar-refractivity contribution in [1.29, 1.82) is 0 Å². The van der Waals surface area contributed by atoms with Gasteiger partial charge in [-0.2, -0.15) is 0 Å². The van der Waals surface area contributed by atoms with Gasteiger partial charge in [-0.15, -0.1) is 0 Å². The number of para-hydroxylation sites is 1. The number of phenolic OH excluding ortho intramolecular Hbond substituents is 1. The molecule has 0 radical (unpaired) electrons. The Bertz CT molecular complexity index is 559. The Morgan fingerprint density at radius 2 is 1.88 bits per heavy atom. The molecule has 0 unspecified atom stereocenters. The normalized spacial score (nSPS) is 11.9. The zero-order valence-electron chi connectivity index (χ0n) is 14.8. The van der Waals surface area contributed by atoms with E-state index in [1.807, 2.05) is 20.8 Å². The molecular formula is C17H28N4O3. The van der Waals surface area contributed by atoms with Crippen molar-refractivity contribution in [1.82, 2.24) is 16.0 Å². The molecule has 1 amide bonds. The molecule has 0 saturated carbocycles. The summed E-state index contributed by atoms with van der Waals surface area (Å²) >= 11 is 0. The molecule has 0 atom stereocenters. The number of nitrogens with one attached hydrogen (secondary N) is 3. The Kier molecular flexibility index (Phi) is 8.05. The molecule has 0 aromatic heterocycles. The highest BCUT2D eigenvalue weighted by Gasteiger charge is 2.15. The highest BCUT2D eigenvalue weighted by Crippen LogP contribution is 2.14. The van der Waals surface area contributed by atoms with Crippen LogP contribution in [-0.2, 0) is 4.74 Å². The molecule has 4 N–H and O–H groups in total. The third-order valence-electron chi connectivity index (χ3n) is 3.37. The Morgan fingerprint density at radius 3 is 2.50 bits per heavy atom. The minimum absolute atomic E-state index is 0.0281. The van der Waals surface area contributed by atoms with E-state index in [2.05, 4.69) is 20.9 Å². The smallest absolute Gasteiger partial charge is 0.255 e. The molecule has 1 aromatic carbocycles. The number of aliphatic imine (C=N–C) groups is 1. The van der Waals surface area contributed by atoms with Gasteiger partial charge in [0.05, 0.1) is 17.7 Å². The first-order valence-electron chi connectivity index (χ1n) is 8.03. The number of ether oxygens (including phenoxy) is 1. The number of phenols is 1. The first-order chi connectivity index (χ1) is 11.4. The molecule has 0 spiro atoms. The summed E-state index contributed by atoms with van der Waals surface area (Å²) in [6.07, 6.45) is 0. The standard InChI is InChI=1S/C17H28N4O3/c1-5-18-16(21-12-17(2,3)24-4)20-11-10-19-15(23)13-8-6-7-9-14(13)22/h6-9,22H,5,10-12H2,1-4H3,(H,19,23)(H2,18,20,21). The van der Waals surface area contributed by atoms with E-state index in [-0.39, 0.29) is 22.8 Å². The molecule has 0 fully saturated rings. The zero-order valence-corrected chi connectivity index (χ0v) is 14.8. The summed E-state index contributed by atoms with van der Waals surface area (Å²) < 4.78 is 5.34. The van der Waals surface area contributed by atoms with Gasteiger partial charge in [0.25, 0.3) is 5.91 Å². The van der Waals surface area contributed by atoms with Crippen LogP contribution in [0.25, 0.3) is 0 Å². The van der Waals surface area contributed by atoms with Gasteiger partial charge in [-0.3, -0.25) is 9.79 Å². The van der Waals surface area contributed by atoms with E-state index in [0.29, 0.717) is 25.6 Å². The number of carbonyl (C=O) groups is 1. The predicted octanol–water partition coefficient (Wildman–Crippen LogP) is 1.10. The number of nitrogens with zero attached hydrogens (tertiary/aromatic N) is 1. The summed E-state index contributed by atoms with van der Waals surface area (Å²) in [7, 11) is 1.66. The number of aromatic hydroxyl groups is 1. The second-order valence-electron chi connectivity index (χ2n) is 5.86. The molecule has 1 aromatic rings. The molecule has 1 rings (SSSR count). The molecular weight excluding hydrogens is 308 g/mol. The summed E-state index contributed by atoms with van der Waals surface area (Å²) in [6, 6.07) is 6.45. The van der Waals surface area contributed by atoms with Crippen molar-refractivity contribution in [3.8, 4) is 5.75 Å². The monoisotopic (exact) mass is 336 g/mol. The molecule has 7 heteroatoms. The molecule has 0 aliphatic carbocycles. The van der Waals surface area contributed by atoms with Crippen molar-refractivity contribution in [2.75, 3.05) is 33.3 Å². The van der Waals surface area contributed by atoms with Gasteiger partial charge in [0.2, 0.25) is 0 Å². The van der Waals surface area contributed by atoms with E-state index in [9.17, 15) is 9.90 Å². The van der Waals surface area contributed by atoms with E-state index in [0.717, 1.165) is 6.54 Å². The maximum atomic E-state index is 12.0. The Morgan fingerprint density at radius 1 is 1.21 bits per heavy atom. The SMILES string of the molecule is CCNC(=NCC(C)(C)OC)NCCNC(=O)c1ccccc1O. The van der Waals surface area contributed by atoms with Gasteiger partial charge in [-0.25, -0.2) is 0 Å². The minimum atomic E-state index is -0.332. The minimum Gasteiger partial charge on any atom is -0.507 e. The van der Waals surface area contributed by atoms with Crippen LogP contribution < -0.4 is 16.0 Å².